The Labute approximate surface area is 154 Å². The van der Waals surface area contributed by atoms with E-state index in [9.17, 15) is 9.90 Å². The summed E-state index contributed by atoms with van der Waals surface area (Å²) in [5, 5.41) is 9.38. The van der Waals surface area contributed by atoms with Crippen LogP contribution in [0.25, 0.3) is 0 Å². The van der Waals surface area contributed by atoms with E-state index in [0.717, 1.165) is 37.4 Å². The fourth-order valence-electron chi connectivity index (χ4n) is 6.64. The smallest absolute Gasteiger partial charge is 0.159 e. The van der Waals surface area contributed by atoms with Gasteiger partial charge in [-0.15, -0.1) is 0 Å². The van der Waals surface area contributed by atoms with Crippen LogP contribution < -0.4 is 0 Å². The van der Waals surface area contributed by atoms with E-state index in [1.807, 2.05) is 21.6 Å². The Bertz CT molecular complexity index is 568. The zero-order valence-corrected chi connectivity index (χ0v) is 16.6. The highest BCUT2D eigenvalue weighted by Crippen LogP contribution is 2.74. The van der Waals surface area contributed by atoms with E-state index in [2.05, 4.69) is 13.8 Å². The minimum atomic E-state index is 0.144. The number of hydrogen-bond donors (Lipinski definition) is 1. The predicted octanol–water partition coefficient (Wildman–Crippen LogP) is 4.87. The number of rotatable bonds is 3. The molecule has 3 aliphatic carbocycles. The molecular formula is C20H30O2S2. The van der Waals surface area contributed by atoms with E-state index in [0.29, 0.717) is 24.2 Å². The number of carbonyl (C=O) groups is 1. The van der Waals surface area contributed by atoms with Crippen molar-refractivity contribution in [1.29, 1.82) is 0 Å². The standard InChI is InChI=1S/C20H30O2S2/c1-19(2)14-5-6-16-13(4-3-8-21)12-24-23-9-7-15-17(10-14)20(16,19)11-18(15)22/h13-14,16,21H,3-12H2,1-2H3. The molecule has 0 amide bonds. The van der Waals surface area contributed by atoms with E-state index in [-0.39, 0.29) is 10.8 Å². The molecule has 1 heterocycles. The first-order valence-electron chi connectivity index (χ1n) is 9.63. The first-order chi connectivity index (χ1) is 11.5. The van der Waals surface area contributed by atoms with Crippen LogP contribution >= 0.6 is 21.6 Å². The highest BCUT2D eigenvalue weighted by atomic mass is 33.1. The number of ketones is 1. The second-order valence-corrected chi connectivity index (χ2v) is 11.4. The maximum atomic E-state index is 13.0. The SMILES string of the molecule is CC1(C)C2CCC3C(CCCO)CSSCCC4=C(C2)C31CC4=O. The Morgan fingerprint density at radius 2 is 2.08 bits per heavy atom. The molecular weight excluding hydrogens is 336 g/mol. The van der Waals surface area contributed by atoms with Gasteiger partial charge in [-0.3, -0.25) is 4.79 Å². The van der Waals surface area contributed by atoms with Crippen molar-refractivity contribution in [3.8, 4) is 0 Å². The highest BCUT2D eigenvalue weighted by molar-refractivity contribution is 8.76. The zero-order valence-electron chi connectivity index (χ0n) is 15.0. The molecule has 4 unspecified atom stereocenters. The predicted molar refractivity (Wildman–Crippen MR) is 103 cm³/mol. The van der Waals surface area contributed by atoms with Gasteiger partial charge in [-0.25, -0.2) is 0 Å². The Hall–Kier alpha value is 0.0700. The lowest BCUT2D eigenvalue weighted by atomic mass is 9.50. The second-order valence-electron chi connectivity index (χ2n) is 8.82. The van der Waals surface area contributed by atoms with Crippen molar-refractivity contribution in [3.05, 3.63) is 11.1 Å². The summed E-state index contributed by atoms with van der Waals surface area (Å²) in [6.07, 6.45) is 7.62. The van der Waals surface area contributed by atoms with Gasteiger partial charge in [0, 0.05) is 29.9 Å². The Kier molecular flexibility index (Phi) is 4.62. The van der Waals surface area contributed by atoms with Gasteiger partial charge in [0.15, 0.2) is 5.78 Å². The molecule has 2 nitrogen and oxygen atoms in total. The zero-order chi connectivity index (χ0) is 16.9. The van der Waals surface area contributed by atoms with Crippen molar-refractivity contribution >= 4 is 27.4 Å². The summed E-state index contributed by atoms with van der Waals surface area (Å²) in [7, 11) is 3.97. The highest BCUT2D eigenvalue weighted by Gasteiger charge is 2.67. The van der Waals surface area contributed by atoms with Crippen LogP contribution in [-0.2, 0) is 4.79 Å². The summed E-state index contributed by atoms with van der Waals surface area (Å²) >= 11 is 0. The lowest BCUT2D eigenvalue weighted by molar-refractivity contribution is -0.121. The third-order valence-corrected chi connectivity index (χ3v) is 10.4. The molecule has 2 saturated carbocycles. The normalized spacial score (nSPS) is 41.0. The Balaban J connectivity index is 1.82. The van der Waals surface area contributed by atoms with Crippen molar-refractivity contribution in [1.82, 2.24) is 0 Å². The topological polar surface area (TPSA) is 37.3 Å². The lowest BCUT2D eigenvalue weighted by Crippen LogP contribution is -2.49. The third kappa shape index (κ3) is 2.31. The van der Waals surface area contributed by atoms with Gasteiger partial charge in [-0.05, 0) is 67.3 Å². The Morgan fingerprint density at radius 3 is 2.88 bits per heavy atom. The maximum absolute atomic E-state index is 13.0. The van der Waals surface area contributed by atoms with E-state index in [4.69, 9.17) is 0 Å². The molecule has 4 heteroatoms. The van der Waals surface area contributed by atoms with Gasteiger partial charge in [-0.2, -0.15) is 0 Å². The molecule has 4 aliphatic rings. The van der Waals surface area contributed by atoms with Crippen molar-refractivity contribution in [3.63, 3.8) is 0 Å². The molecule has 1 N–H and O–H groups in total. The van der Waals surface area contributed by atoms with Crippen LogP contribution in [0.5, 0.6) is 0 Å². The van der Waals surface area contributed by atoms with Gasteiger partial charge in [0.2, 0.25) is 0 Å². The number of aliphatic hydroxyl groups is 1. The minimum Gasteiger partial charge on any atom is -0.396 e. The van der Waals surface area contributed by atoms with Crippen LogP contribution in [0.2, 0.25) is 0 Å². The molecule has 0 radical (unpaired) electrons. The third-order valence-electron chi connectivity index (χ3n) is 7.86. The van der Waals surface area contributed by atoms with Crippen molar-refractivity contribution in [2.45, 2.75) is 58.8 Å². The number of aliphatic hydroxyl groups excluding tert-OH is 1. The fourth-order valence-corrected chi connectivity index (χ4v) is 9.13. The van der Waals surface area contributed by atoms with Crippen molar-refractivity contribution in [2.24, 2.45) is 28.6 Å². The molecule has 2 fully saturated rings. The summed E-state index contributed by atoms with van der Waals surface area (Å²) in [5.41, 5.74) is 3.22. The van der Waals surface area contributed by atoms with Crippen LogP contribution in [0.15, 0.2) is 11.1 Å². The molecule has 0 saturated heterocycles. The monoisotopic (exact) mass is 366 g/mol. The van der Waals surface area contributed by atoms with E-state index in [1.54, 1.807) is 5.57 Å². The first-order valence-corrected chi connectivity index (χ1v) is 12.1. The number of fused-ring (bicyclic) bond motifs is 1. The summed E-state index contributed by atoms with van der Waals surface area (Å²) in [4.78, 5) is 13.0. The average molecular weight is 367 g/mol. The molecule has 24 heavy (non-hydrogen) atoms. The molecule has 0 aromatic carbocycles. The summed E-state index contributed by atoms with van der Waals surface area (Å²) in [6.45, 7) is 5.22. The number of allylic oxidation sites excluding steroid dienone is 2. The van der Waals surface area contributed by atoms with Crippen LogP contribution in [0.3, 0.4) is 0 Å². The molecule has 3 bridgehead atoms. The molecule has 134 valence electrons. The van der Waals surface area contributed by atoms with E-state index in [1.165, 1.54) is 30.6 Å². The molecule has 1 spiro atoms. The van der Waals surface area contributed by atoms with Gasteiger partial charge in [0.1, 0.15) is 0 Å². The van der Waals surface area contributed by atoms with Crippen LogP contribution in [0, 0.1) is 28.6 Å². The lowest BCUT2D eigenvalue weighted by Gasteiger charge is -2.54. The van der Waals surface area contributed by atoms with Crippen LogP contribution in [0.1, 0.15) is 58.8 Å². The molecule has 0 aromatic heterocycles. The molecule has 4 rings (SSSR count). The van der Waals surface area contributed by atoms with Crippen LogP contribution in [-0.4, -0.2) is 29.0 Å². The van der Waals surface area contributed by atoms with E-state index < -0.39 is 0 Å². The fraction of sp³-hybridized carbons (Fsp3) is 0.850. The number of hydrogen-bond acceptors (Lipinski definition) is 4. The van der Waals surface area contributed by atoms with Crippen molar-refractivity contribution in [2.75, 3.05) is 18.1 Å². The summed E-state index contributed by atoms with van der Waals surface area (Å²) in [6, 6.07) is 0. The van der Waals surface area contributed by atoms with Gasteiger partial charge < -0.3 is 5.11 Å². The second kappa shape index (κ2) is 6.35. The summed E-state index contributed by atoms with van der Waals surface area (Å²) < 4.78 is 0. The quantitative estimate of drug-likeness (QED) is 0.723. The van der Waals surface area contributed by atoms with Gasteiger partial charge in [0.05, 0.1) is 0 Å². The number of Topliss-reactive ketones (excluding diaryl/α,β-unsaturated/α-hetero) is 1. The number of carbonyl (C=O) groups excluding carboxylic acids is 1. The molecule has 0 aromatic rings. The first kappa shape index (κ1) is 17.5. The van der Waals surface area contributed by atoms with Gasteiger partial charge in [0.25, 0.3) is 0 Å². The van der Waals surface area contributed by atoms with E-state index >= 15 is 0 Å². The average Bonchev–Trinajstić information content (AvgIpc) is 2.83. The summed E-state index contributed by atoms with van der Waals surface area (Å²) in [5.74, 6) is 4.79. The van der Waals surface area contributed by atoms with Gasteiger partial charge in [-0.1, -0.05) is 41.0 Å². The largest absolute Gasteiger partial charge is 0.396 e. The van der Waals surface area contributed by atoms with Gasteiger partial charge >= 0.3 is 0 Å². The maximum Gasteiger partial charge on any atom is 0.159 e. The molecule has 1 aliphatic heterocycles. The van der Waals surface area contributed by atoms with Crippen molar-refractivity contribution < 1.29 is 9.90 Å². The minimum absolute atomic E-state index is 0.144. The molecule has 4 atom stereocenters. The van der Waals surface area contributed by atoms with Crippen LogP contribution in [0.4, 0.5) is 0 Å². The Morgan fingerprint density at radius 1 is 1.25 bits per heavy atom.